The van der Waals surface area contributed by atoms with Crippen molar-refractivity contribution in [2.75, 3.05) is 39.5 Å². The van der Waals surface area contributed by atoms with Crippen LogP contribution in [0.3, 0.4) is 0 Å². The lowest BCUT2D eigenvalue weighted by Crippen LogP contribution is -2.39. The van der Waals surface area contributed by atoms with Crippen molar-refractivity contribution < 1.29 is 9.47 Å². The lowest BCUT2D eigenvalue weighted by molar-refractivity contribution is 0.0283. The number of aliphatic imine (C=N–C) groups is 1. The fourth-order valence-corrected chi connectivity index (χ4v) is 2.47. The molecule has 6 heteroatoms. The molecule has 0 radical (unpaired) electrons. The van der Waals surface area contributed by atoms with Crippen LogP contribution < -0.4 is 10.6 Å². The number of hydrogen-bond donors (Lipinski definition) is 2. The summed E-state index contributed by atoms with van der Waals surface area (Å²) in [6, 6.07) is 0. The first-order chi connectivity index (χ1) is 10.2. The fraction of sp³-hybridized carbons (Fsp3) is 0.938. The Hall–Kier alpha value is -0.0800. The van der Waals surface area contributed by atoms with Crippen LogP contribution in [-0.4, -0.2) is 51.0 Å². The predicted octanol–water partition coefficient (Wildman–Crippen LogP) is 2.55. The standard InChI is InChI=1S/C16H31N3O2.HI/c1-3-17-15(19-13-16(2)8-4-11-21-16)18-9-5-10-20-12-14-6-7-14;/h14H,3-13H2,1-2H3,(H2,17,18,19);1H. The third-order valence-electron chi connectivity index (χ3n) is 4.02. The second-order valence-electron chi connectivity index (χ2n) is 6.40. The smallest absolute Gasteiger partial charge is 0.191 e. The molecule has 1 saturated heterocycles. The third kappa shape index (κ3) is 7.97. The molecule has 22 heavy (non-hydrogen) atoms. The van der Waals surface area contributed by atoms with Crippen LogP contribution >= 0.6 is 24.0 Å². The number of hydrogen-bond acceptors (Lipinski definition) is 3. The van der Waals surface area contributed by atoms with Gasteiger partial charge in [0.15, 0.2) is 5.96 Å². The van der Waals surface area contributed by atoms with Gasteiger partial charge in [-0.15, -0.1) is 24.0 Å². The molecule has 0 spiro atoms. The number of guanidine groups is 1. The summed E-state index contributed by atoms with van der Waals surface area (Å²) in [4.78, 5) is 4.65. The van der Waals surface area contributed by atoms with Gasteiger partial charge >= 0.3 is 0 Å². The van der Waals surface area contributed by atoms with Crippen molar-refractivity contribution in [3.05, 3.63) is 0 Å². The Morgan fingerprint density at radius 3 is 2.82 bits per heavy atom. The SMILES string of the molecule is CCNC(=NCC1(C)CCCO1)NCCCOCC1CC1.I. The summed E-state index contributed by atoms with van der Waals surface area (Å²) in [7, 11) is 0. The molecule has 0 aromatic heterocycles. The molecular formula is C16H32IN3O2. The summed E-state index contributed by atoms with van der Waals surface area (Å²) in [6.45, 7) is 9.39. The summed E-state index contributed by atoms with van der Waals surface area (Å²) in [6.07, 6.45) is 5.98. The zero-order valence-corrected chi connectivity index (χ0v) is 16.4. The van der Waals surface area contributed by atoms with Crippen molar-refractivity contribution in [3.8, 4) is 0 Å². The summed E-state index contributed by atoms with van der Waals surface area (Å²) in [5.74, 6) is 1.74. The molecule has 1 atom stereocenters. The number of halogens is 1. The largest absolute Gasteiger partial charge is 0.381 e. The highest BCUT2D eigenvalue weighted by Crippen LogP contribution is 2.28. The van der Waals surface area contributed by atoms with Crippen LogP contribution in [0.1, 0.15) is 46.0 Å². The van der Waals surface area contributed by atoms with Crippen LogP contribution in [0, 0.1) is 5.92 Å². The molecule has 1 saturated carbocycles. The van der Waals surface area contributed by atoms with E-state index in [1.165, 1.54) is 12.8 Å². The van der Waals surface area contributed by atoms with E-state index < -0.39 is 0 Å². The second kappa shape index (κ2) is 10.6. The van der Waals surface area contributed by atoms with Crippen LogP contribution in [0.2, 0.25) is 0 Å². The van der Waals surface area contributed by atoms with E-state index in [2.05, 4.69) is 29.5 Å². The minimum absolute atomic E-state index is 0. The highest BCUT2D eigenvalue weighted by atomic mass is 127. The lowest BCUT2D eigenvalue weighted by Gasteiger charge is -2.21. The number of nitrogens with one attached hydrogen (secondary N) is 2. The summed E-state index contributed by atoms with van der Waals surface area (Å²) in [5, 5.41) is 6.65. The van der Waals surface area contributed by atoms with Crippen molar-refractivity contribution in [2.24, 2.45) is 10.9 Å². The van der Waals surface area contributed by atoms with E-state index in [4.69, 9.17) is 9.47 Å². The lowest BCUT2D eigenvalue weighted by atomic mass is 10.0. The molecule has 5 nitrogen and oxygen atoms in total. The minimum atomic E-state index is -0.0737. The average Bonchev–Trinajstić information content (AvgIpc) is 3.20. The molecule has 2 N–H and O–H groups in total. The summed E-state index contributed by atoms with van der Waals surface area (Å²) in [5.41, 5.74) is -0.0737. The van der Waals surface area contributed by atoms with Gasteiger partial charge in [0, 0.05) is 32.9 Å². The van der Waals surface area contributed by atoms with Gasteiger partial charge < -0.3 is 20.1 Å². The van der Waals surface area contributed by atoms with Crippen LogP contribution in [-0.2, 0) is 9.47 Å². The molecule has 1 heterocycles. The van der Waals surface area contributed by atoms with E-state index in [1.807, 2.05) is 0 Å². The highest BCUT2D eigenvalue weighted by molar-refractivity contribution is 14.0. The van der Waals surface area contributed by atoms with Crippen molar-refractivity contribution in [1.82, 2.24) is 10.6 Å². The summed E-state index contributed by atoms with van der Waals surface area (Å²) >= 11 is 0. The van der Waals surface area contributed by atoms with Gasteiger partial charge in [0.2, 0.25) is 0 Å². The Morgan fingerprint density at radius 2 is 2.18 bits per heavy atom. The van der Waals surface area contributed by atoms with Crippen molar-refractivity contribution in [1.29, 1.82) is 0 Å². The van der Waals surface area contributed by atoms with E-state index >= 15 is 0 Å². The zero-order valence-electron chi connectivity index (χ0n) is 14.0. The van der Waals surface area contributed by atoms with E-state index in [9.17, 15) is 0 Å². The maximum Gasteiger partial charge on any atom is 0.191 e. The van der Waals surface area contributed by atoms with Crippen LogP contribution in [0.25, 0.3) is 0 Å². The van der Waals surface area contributed by atoms with Gasteiger partial charge in [0.1, 0.15) is 0 Å². The molecule has 1 unspecified atom stereocenters. The molecule has 0 bridgehead atoms. The molecule has 0 amide bonds. The highest BCUT2D eigenvalue weighted by Gasteiger charge is 2.29. The molecule has 0 aromatic rings. The Labute approximate surface area is 152 Å². The molecule has 0 aromatic carbocycles. The maximum atomic E-state index is 5.77. The van der Waals surface area contributed by atoms with E-state index in [0.29, 0.717) is 0 Å². The van der Waals surface area contributed by atoms with E-state index in [-0.39, 0.29) is 29.6 Å². The Balaban J connectivity index is 0.00000242. The van der Waals surface area contributed by atoms with Gasteiger partial charge in [-0.25, -0.2) is 0 Å². The first-order valence-electron chi connectivity index (χ1n) is 8.46. The number of ether oxygens (including phenoxy) is 2. The van der Waals surface area contributed by atoms with Crippen molar-refractivity contribution >= 4 is 29.9 Å². The second-order valence-corrected chi connectivity index (χ2v) is 6.40. The first-order valence-corrected chi connectivity index (χ1v) is 8.46. The monoisotopic (exact) mass is 425 g/mol. The molecular weight excluding hydrogens is 393 g/mol. The third-order valence-corrected chi connectivity index (χ3v) is 4.02. The predicted molar refractivity (Wildman–Crippen MR) is 101 cm³/mol. The Kier molecular flexibility index (Phi) is 9.66. The van der Waals surface area contributed by atoms with Crippen LogP contribution in [0.5, 0.6) is 0 Å². The van der Waals surface area contributed by atoms with E-state index in [0.717, 1.165) is 70.6 Å². The molecule has 1 aliphatic carbocycles. The topological polar surface area (TPSA) is 54.9 Å². The van der Waals surface area contributed by atoms with Crippen molar-refractivity contribution in [3.63, 3.8) is 0 Å². The minimum Gasteiger partial charge on any atom is -0.381 e. The summed E-state index contributed by atoms with van der Waals surface area (Å²) < 4.78 is 11.4. The first kappa shape index (κ1) is 20.0. The molecule has 1 aliphatic heterocycles. The maximum absolute atomic E-state index is 5.77. The quantitative estimate of drug-likeness (QED) is 0.258. The average molecular weight is 425 g/mol. The fourth-order valence-electron chi connectivity index (χ4n) is 2.47. The molecule has 2 fully saturated rings. The zero-order chi connectivity index (χ0) is 15.0. The van der Waals surface area contributed by atoms with Gasteiger partial charge in [0.05, 0.1) is 12.1 Å². The van der Waals surface area contributed by atoms with Gasteiger partial charge in [0.25, 0.3) is 0 Å². The van der Waals surface area contributed by atoms with Gasteiger partial charge in [-0.05, 0) is 51.9 Å². The van der Waals surface area contributed by atoms with Gasteiger partial charge in [-0.3, -0.25) is 4.99 Å². The number of nitrogens with zero attached hydrogens (tertiary/aromatic N) is 1. The normalized spacial score (nSPS) is 24.9. The Morgan fingerprint density at radius 1 is 1.36 bits per heavy atom. The van der Waals surface area contributed by atoms with Gasteiger partial charge in [-0.2, -0.15) is 0 Å². The van der Waals surface area contributed by atoms with Crippen molar-refractivity contribution in [2.45, 2.75) is 51.6 Å². The molecule has 2 aliphatic rings. The van der Waals surface area contributed by atoms with E-state index in [1.54, 1.807) is 0 Å². The number of rotatable bonds is 9. The Bertz CT molecular complexity index is 329. The molecule has 130 valence electrons. The van der Waals surface area contributed by atoms with Gasteiger partial charge in [-0.1, -0.05) is 0 Å². The van der Waals surface area contributed by atoms with Crippen LogP contribution in [0.15, 0.2) is 4.99 Å². The van der Waals surface area contributed by atoms with Crippen LogP contribution in [0.4, 0.5) is 0 Å². The molecule has 2 rings (SSSR count).